The topological polar surface area (TPSA) is 67.4 Å². The van der Waals surface area contributed by atoms with E-state index in [2.05, 4.69) is 24.5 Å². The van der Waals surface area contributed by atoms with Crippen LogP contribution in [0.2, 0.25) is 0 Å². The number of carbonyl (C=O) groups excluding carboxylic acids is 2. The van der Waals surface area contributed by atoms with Crippen LogP contribution in [-0.2, 0) is 22.4 Å². The van der Waals surface area contributed by atoms with Crippen molar-refractivity contribution in [2.45, 2.75) is 33.1 Å². The van der Waals surface area contributed by atoms with Crippen molar-refractivity contribution in [1.29, 1.82) is 0 Å². The fourth-order valence-corrected chi connectivity index (χ4v) is 2.63. The van der Waals surface area contributed by atoms with Crippen LogP contribution in [-0.4, -0.2) is 25.0 Å². The van der Waals surface area contributed by atoms with Crippen LogP contribution < -0.4 is 15.4 Å². The Morgan fingerprint density at radius 3 is 2.15 bits per heavy atom. The van der Waals surface area contributed by atoms with Gasteiger partial charge < -0.3 is 15.4 Å². The van der Waals surface area contributed by atoms with Crippen LogP contribution in [0.25, 0.3) is 0 Å². The summed E-state index contributed by atoms with van der Waals surface area (Å²) >= 11 is 0. The molecule has 2 N–H and O–H groups in total. The molecular weight excluding hydrogens is 328 g/mol. The molecule has 5 heteroatoms. The van der Waals surface area contributed by atoms with Gasteiger partial charge in [0.2, 0.25) is 11.8 Å². The van der Waals surface area contributed by atoms with Gasteiger partial charge in [-0.1, -0.05) is 50.2 Å². The number of para-hydroxylation sites is 2. The third kappa shape index (κ3) is 5.92. The van der Waals surface area contributed by atoms with Gasteiger partial charge in [-0.15, -0.1) is 0 Å². The predicted octanol–water partition coefficient (Wildman–Crippen LogP) is 3.34. The van der Waals surface area contributed by atoms with Crippen molar-refractivity contribution in [3.05, 3.63) is 59.7 Å². The Hall–Kier alpha value is -2.82. The lowest BCUT2D eigenvalue weighted by atomic mass is 10.0. The van der Waals surface area contributed by atoms with Gasteiger partial charge in [0.05, 0.1) is 19.6 Å². The van der Waals surface area contributed by atoms with Gasteiger partial charge in [0.25, 0.3) is 0 Å². The van der Waals surface area contributed by atoms with Gasteiger partial charge in [-0.05, 0) is 36.1 Å². The van der Waals surface area contributed by atoms with Crippen molar-refractivity contribution in [2.75, 3.05) is 18.5 Å². The van der Waals surface area contributed by atoms with Gasteiger partial charge in [0, 0.05) is 5.69 Å². The lowest BCUT2D eigenvalue weighted by Crippen LogP contribution is -2.33. The summed E-state index contributed by atoms with van der Waals surface area (Å²) in [6.45, 7) is 4.33. The molecule has 0 fully saturated rings. The number of ether oxygens (including phenoxy) is 1. The summed E-state index contributed by atoms with van der Waals surface area (Å²) < 4.78 is 5.48. The molecule has 0 aliphatic heterocycles. The molecule has 0 aliphatic rings. The SMILES string of the molecule is CCc1cccc(CC)c1NC(=O)CNC(=O)CCOc1ccccc1. The average molecular weight is 354 g/mol. The van der Waals surface area contributed by atoms with Gasteiger partial charge in [-0.3, -0.25) is 9.59 Å². The Labute approximate surface area is 154 Å². The summed E-state index contributed by atoms with van der Waals surface area (Å²) in [5, 5.41) is 5.57. The van der Waals surface area contributed by atoms with E-state index in [-0.39, 0.29) is 31.4 Å². The number of anilines is 1. The maximum absolute atomic E-state index is 12.2. The van der Waals surface area contributed by atoms with Gasteiger partial charge in [-0.25, -0.2) is 0 Å². The van der Waals surface area contributed by atoms with Crippen LogP contribution in [0.15, 0.2) is 48.5 Å². The summed E-state index contributed by atoms with van der Waals surface area (Å²) in [6.07, 6.45) is 1.88. The van der Waals surface area contributed by atoms with E-state index >= 15 is 0 Å². The van der Waals surface area contributed by atoms with Gasteiger partial charge in [0.15, 0.2) is 0 Å². The summed E-state index contributed by atoms with van der Waals surface area (Å²) in [7, 11) is 0. The molecule has 0 radical (unpaired) electrons. The highest BCUT2D eigenvalue weighted by Crippen LogP contribution is 2.22. The van der Waals surface area contributed by atoms with Crippen LogP contribution in [0.4, 0.5) is 5.69 Å². The Bertz CT molecular complexity index is 707. The zero-order valence-corrected chi connectivity index (χ0v) is 15.4. The summed E-state index contributed by atoms with van der Waals surface area (Å²) in [6, 6.07) is 15.3. The molecule has 5 nitrogen and oxygen atoms in total. The molecule has 0 aromatic heterocycles. The molecule has 2 aromatic rings. The monoisotopic (exact) mass is 354 g/mol. The number of carbonyl (C=O) groups is 2. The molecule has 138 valence electrons. The number of hydrogen-bond donors (Lipinski definition) is 2. The molecular formula is C21H26N2O3. The fourth-order valence-electron chi connectivity index (χ4n) is 2.63. The van der Waals surface area contributed by atoms with Crippen molar-refractivity contribution in [3.8, 4) is 5.75 Å². The number of aryl methyl sites for hydroxylation is 2. The third-order valence-corrected chi connectivity index (χ3v) is 4.05. The molecule has 2 amide bonds. The van der Waals surface area contributed by atoms with E-state index < -0.39 is 0 Å². The largest absolute Gasteiger partial charge is 0.493 e. The summed E-state index contributed by atoms with van der Waals surface area (Å²) in [4.78, 5) is 24.1. The molecule has 0 aliphatic carbocycles. The van der Waals surface area contributed by atoms with E-state index in [1.807, 2.05) is 48.5 Å². The fraction of sp³-hybridized carbons (Fsp3) is 0.333. The van der Waals surface area contributed by atoms with E-state index in [0.717, 1.165) is 35.4 Å². The minimum atomic E-state index is -0.224. The standard InChI is InChI=1S/C21H26N2O3/c1-3-16-9-8-10-17(4-2)21(16)23-20(25)15-22-19(24)13-14-26-18-11-6-5-7-12-18/h5-12H,3-4,13-15H2,1-2H3,(H,22,24)(H,23,25). The zero-order valence-electron chi connectivity index (χ0n) is 15.4. The number of rotatable bonds is 9. The second kappa shape index (κ2) is 10.2. The average Bonchev–Trinajstić information content (AvgIpc) is 2.67. The minimum absolute atomic E-state index is 0.0502. The maximum atomic E-state index is 12.2. The van der Waals surface area contributed by atoms with E-state index in [0.29, 0.717) is 0 Å². The van der Waals surface area contributed by atoms with Crippen LogP contribution >= 0.6 is 0 Å². The Morgan fingerprint density at radius 2 is 1.54 bits per heavy atom. The molecule has 0 atom stereocenters. The summed E-state index contributed by atoms with van der Waals surface area (Å²) in [5.41, 5.74) is 3.06. The first-order chi connectivity index (χ1) is 12.6. The minimum Gasteiger partial charge on any atom is -0.493 e. The molecule has 0 bridgehead atoms. The molecule has 0 saturated heterocycles. The van der Waals surface area contributed by atoms with Crippen LogP contribution in [0.3, 0.4) is 0 Å². The smallest absolute Gasteiger partial charge is 0.243 e. The Morgan fingerprint density at radius 1 is 0.885 bits per heavy atom. The number of nitrogens with one attached hydrogen (secondary N) is 2. The first-order valence-corrected chi connectivity index (χ1v) is 8.99. The predicted molar refractivity (Wildman–Crippen MR) is 103 cm³/mol. The van der Waals surface area contributed by atoms with Crippen molar-refractivity contribution >= 4 is 17.5 Å². The lowest BCUT2D eigenvalue weighted by molar-refractivity contribution is -0.124. The lowest BCUT2D eigenvalue weighted by Gasteiger charge is -2.14. The number of benzene rings is 2. The molecule has 0 unspecified atom stereocenters. The first kappa shape index (κ1) is 19.5. The normalized spacial score (nSPS) is 10.2. The molecule has 0 spiro atoms. The van der Waals surface area contributed by atoms with Gasteiger partial charge in [0.1, 0.15) is 5.75 Å². The van der Waals surface area contributed by atoms with Crippen LogP contribution in [0.1, 0.15) is 31.4 Å². The molecule has 2 aromatic carbocycles. The van der Waals surface area contributed by atoms with Crippen molar-refractivity contribution in [2.24, 2.45) is 0 Å². The van der Waals surface area contributed by atoms with Crippen LogP contribution in [0, 0.1) is 0 Å². The molecule has 26 heavy (non-hydrogen) atoms. The van der Waals surface area contributed by atoms with Gasteiger partial charge >= 0.3 is 0 Å². The Kier molecular flexibility index (Phi) is 7.68. The van der Waals surface area contributed by atoms with Crippen molar-refractivity contribution in [1.82, 2.24) is 5.32 Å². The highest BCUT2D eigenvalue weighted by Gasteiger charge is 2.11. The molecule has 0 heterocycles. The summed E-state index contributed by atoms with van der Waals surface area (Å²) in [5.74, 6) is 0.287. The zero-order chi connectivity index (χ0) is 18.8. The van der Waals surface area contributed by atoms with Crippen molar-refractivity contribution < 1.29 is 14.3 Å². The van der Waals surface area contributed by atoms with E-state index in [1.54, 1.807) is 0 Å². The molecule has 0 saturated carbocycles. The highest BCUT2D eigenvalue weighted by molar-refractivity contribution is 5.95. The number of hydrogen-bond acceptors (Lipinski definition) is 3. The van der Waals surface area contributed by atoms with E-state index in [9.17, 15) is 9.59 Å². The number of amides is 2. The van der Waals surface area contributed by atoms with E-state index in [1.165, 1.54) is 0 Å². The highest BCUT2D eigenvalue weighted by atomic mass is 16.5. The van der Waals surface area contributed by atoms with Crippen molar-refractivity contribution in [3.63, 3.8) is 0 Å². The second-order valence-electron chi connectivity index (χ2n) is 5.89. The van der Waals surface area contributed by atoms with Crippen LogP contribution in [0.5, 0.6) is 5.75 Å². The van der Waals surface area contributed by atoms with Gasteiger partial charge in [-0.2, -0.15) is 0 Å². The Balaban J connectivity index is 1.77. The maximum Gasteiger partial charge on any atom is 0.243 e. The third-order valence-electron chi connectivity index (χ3n) is 4.05. The second-order valence-corrected chi connectivity index (χ2v) is 5.89. The quantitative estimate of drug-likeness (QED) is 0.726. The van der Waals surface area contributed by atoms with E-state index in [4.69, 9.17) is 4.74 Å². The molecule has 2 rings (SSSR count). The first-order valence-electron chi connectivity index (χ1n) is 8.99.